The van der Waals surface area contributed by atoms with E-state index in [2.05, 4.69) is 195 Å². The first-order valence-corrected chi connectivity index (χ1v) is 20.1. The molecular weight excluding hydrogens is 691 g/mol. The van der Waals surface area contributed by atoms with E-state index in [1.165, 1.54) is 60.9 Å². The van der Waals surface area contributed by atoms with E-state index in [1.54, 1.807) is 5.57 Å². The van der Waals surface area contributed by atoms with Gasteiger partial charge in [0.15, 0.2) is 0 Å². The van der Waals surface area contributed by atoms with Gasteiger partial charge in [-0.15, -0.1) is 0 Å². The highest BCUT2D eigenvalue weighted by atomic mass is 16.3. The summed E-state index contributed by atoms with van der Waals surface area (Å²) in [6.45, 7) is 4.81. The van der Waals surface area contributed by atoms with Gasteiger partial charge < -0.3 is 9.32 Å². The molecule has 0 saturated heterocycles. The number of hydrogen-bond acceptors (Lipinski definition) is 2. The summed E-state index contributed by atoms with van der Waals surface area (Å²) in [5.74, 6) is 0. The number of para-hydroxylation sites is 1. The molecular formula is C55H41NO. The molecule has 2 aliphatic rings. The molecule has 1 aromatic heterocycles. The fraction of sp³-hybridized carbons (Fsp3) is 0.0909. The Bertz CT molecular complexity index is 3070. The minimum Gasteiger partial charge on any atom is -0.456 e. The smallest absolute Gasteiger partial charge is 0.135 e. The largest absolute Gasteiger partial charge is 0.456 e. The Morgan fingerprint density at radius 2 is 1.07 bits per heavy atom. The maximum absolute atomic E-state index is 6.20. The zero-order valence-electron chi connectivity index (χ0n) is 32.2. The Kier molecular flexibility index (Phi) is 7.69. The van der Waals surface area contributed by atoms with Gasteiger partial charge in [0.25, 0.3) is 0 Å². The van der Waals surface area contributed by atoms with Crippen molar-refractivity contribution in [1.82, 2.24) is 0 Å². The van der Waals surface area contributed by atoms with Gasteiger partial charge in [-0.05, 0) is 117 Å². The van der Waals surface area contributed by atoms with E-state index in [9.17, 15) is 0 Å². The fourth-order valence-electron chi connectivity index (χ4n) is 9.49. The highest BCUT2D eigenvalue weighted by molar-refractivity contribution is 6.10. The van der Waals surface area contributed by atoms with Gasteiger partial charge >= 0.3 is 0 Å². The molecule has 57 heavy (non-hydrogen) atoms. The van der Waals surface area contributed by atoms with Crippen LogP contribution in [0.5, 0.6) is 0 Å². The van der Waals surface area contributed by atoms with Gasteiger partial charge in [0.2, 0.25) is 0 Å². The lowest BCUT2D eigenvalue weighted by Crippen LogP contribution is -2.19. The van der Waals surface area contributed by atoms with E-state index < -0.39 is 0 Å². The van der Waals surface area contributed by atoms with Crippen LogP contribution in [0.15, 0.2) is 198 Å². The van der Waals surface area contributed by atoms with E-state index in [4.69, 9.17) is 4.42 Å². The van der Waals surface area contributed by atoms with Crippen LogP contribution in [-0.4, -0.2) is 0 Å². The van der Waals surface area contributed by atoms with Crippen LogP contribution in [0, 0.1) is 0 Å². The van der Waals surface area contributed by atoms with Crippen molar-refractivity contribution in [3.8, 4) is 33.4 Å². The first-order chi connectivity index (χ1) is 28.0. The molecule has 2 nitrogen and oxygen atoms in total. The second kappa shape index (κ2) is 13.1. The van der Waals surface area contributed by atoms with E-state index in [0.29, 0.717) is 0 Å². The Labute approximate surface area is 333 Å². The highest BCUT2D eigenvalue weighted by Gasteiger charge is 2.37. The molecule has 0 saturated carbocycles. The van der Waals surface area contributed by atoms with Crippen molar-refractivity contribution in [2.24, 2.45) is 0 Å². The third-order valence-electron chi connectivity index (χ3n) is 12.4. The molecule has 11 rings (SSSR count). The monoisotopic (exact) mass is 731 g/mol. The third-order valence-corrected chi connectivity index (χ3v) is 12.4. The highest BCUT2D eigenvalue weighted by Crippen LogP contribution is 2.52. The number of furan rings is 1. The van der Waals surface area contributed by atoms with E-state index >= 15 is 0 Å². The van der Waals surface area contributed by atoms with Crippen molar-refractivity contribution in [3.63, 3.8) is 0 Å². The first kappa shape index (κ1) is 33.4. The molecule has 0 atom stereocenters. The number of hydrogen-bond donors (Lipinski definition) is 0. The maximum Gasteiger partial charge on any atom is 0.135 e. The molecule has 0 radical (unpaired) electrons. The molecule has 0 N–H and O–H groups in total. The van der Waals surface area contributed by atoms with E-state index in [0.717, 1.165) is 51.8 Å². The van der Waals surface area contributed by atoms with Gasteiger partial charge in [-0.2, -0.15) is 0 Å². The van der Waals surface area contributed by atoms with Gasteiger partial charge in [-0.1, -0.05) is 159 Å². The summed E-state index contributed by atoms with van der Waals surface area (Å²) in [6.07, 6.45) is 6.91. The minimum absolute atomic E-state index is 0.0330. The van der Waals surface area contributed by atoms with Gasteiger partial charge in [0, 0.05) is 32.9 Å². The number of rotatable bonds is 6. The first-order valence-electron chi connectivity index (χ1n) is 20.1. The lowest BCUT2D eigenvalue weighted by Gasteiger charge is -2.30. The van der Waals surface area contributed by atoms with Crippen LogP contribution >= 0.6 is 0 Å². The normalized spacial score (nSPS) is 14.4. The second-order valence-electron chi connectivity index (χ2n) is 16.0. The van der Waals surface area contributed by atoms with Crippen LogP contribution in [-0.2, 0) is 5.41 Å². The summed E-state index contributed by atoms with van der Waals surface area (Å²) in [5, 5.41) is 4.70. The molecule has 8 aromatic carbocycles. The van der Waals surface area contributed by atoms with Crippen LogP contribution in [0.4, 0.5) is 17.1 Å². The standard InChI is InChI=1S/C55H41NO/c1-55(2)50-18-10-8-15-45(50)46-30-29-42(35-51(46)55)56(41-27-24-39(25-28-41)38-22-20-37(21-23-38)36-12-4-3-5-13-36)52-32-31-43(44-14-6-7-16-47(44)52)40-26-33-54-49(34-40)48-17-9-11-19-53(48)57-54/h3-9,11-17,19-35H,10,18H2,1-2H3. The lowest BCUT2D eigenvalue weighted by molar-refractivity contribution is 0.607. The summed E-state index contributed by atoms with van der Waals surface area (Å²) in [4.78, 5) is 2.46. The summed E-state index contributed by atoms with van der Waals surface area (Å²) in [5.41, 5.74) is 18.2. The number of benzene rings is 8. The zero-order chi connectivity index (χ0) is 38.1. The van der Waals surface area contributed by atoms with Crippen LogP contribution in [0.3, 0.4) is 0 Å². The molecule has 272 valence electrons. The quantitative estimate of drug-likeness (QED) is 0.169. The zero-order valence-corrected chi connectivity index (χ0v) is 32.2. The molecule has 2 aliphatic carbocycles. The van der Waals surface area contributed by atoms with Gasteiger partial charge in [0.05, 0.1) is 5.69 Å². The maximum atomic E-state index is 6.20. The third kappa shape index (κ3) is 5.47. The molecule has 0 fully saturated rings. The van der Waals surface area contributed by atoms with Crippen LogP contribution in [0.25, 0.3) is 71.7 Å². The van der Waals surface area contributed by atoms with Crippen molar-refractivity contribution in [2.75, 3.05) is 4.90 Å². The summed E-state index contributed by atoms with van der Waals surface area (Å²) >= 11 is 0. The molecule has 1 heterocycles. The number of fused-ring (bicyclic) bond motifs is 6. The Morgan fingerprint density at radius 3 is 1.84 bits per heavy atom. The van der Waals surface area contributed by atoms with Crippen LogP contribution in [0.2, 0.25) is 0 Å². The predicted octanol–water partition coefficient (Wildman–Crippen LogP) is 15.6. The molecule has 9 aromatic rings. The molecule has 0 bridgehead atoms. The van der Waals surface area contributed by atoms with E-state index in [-0.39, 0.29) is 5.41 Å². The molecule has 2 heteroatoms. The van der Waals surface area contributed by atoms with E-state index in [1.807, 2.05) is 12.1 Å². The van der Waals surface area contributed by atoms with Crippen molar-refractivity contribution in [1.29, 1.82) is 0 Å². The summed E-state index contributed by atoms with van der Waals surface area (Å²) < 4.78 is 6.20. The Hall–Kier alpha value is -6.90. The molecule has 0 spiro atoms. The molecule has 0 amide bonds. The second-order valence-corrected chi connectivity index (χ2v) is 16.0. The van der Waals surface area contributed by atoms with Crippen molar-refractivity contribution in [2.45, 2.75) is 32.1 Å². The number of anilines is 3. The SMILES string of the molecule is CC1(C)C2=C(C=CCC2)c2ccc(N(c3ccc(-c4ccc(-c5ccccc5)cc4)cc3)c3ccc(-c4ccc5oc6ccccc6c5c4)c4ccccc34)cc21. The van der Waals surface area contributed by atoms with Crippen molar-refractivity contribution in [3.05, 3.63) is 205 Å². The average molecular weight is 732 g/mol. The van der Waals surface area contributed by atoms with Crippen LogP contribution in [0.1, 0.15) is 37.8 Å². The minimum atomic E-state index is -0.0330. The number of nitrogens with zero attached hydrogens (tertiary/aromatic N) is 1. The number of allylic oxidation sites excluding steroid dienone is 4. The summed E-state index contributed by atoms with van der Waals surface area (Å²) in [7, 11) is 0. The Balaban J connectivity index is 1.05. The van der Waals surface area contributed by atoms with Gasteiger partial charge in [-0.3, -0.25) is 0 Å². The van der Waals surface area contributed by atoms with Crippen molar-refractivity contribution < 1.29 is 4.42 Å². The van der Waals surface area contributed by atoms with Gasteiger partial charge in [-0.25, -0.2) is 0 Å². The topological polar surface area (TPSA) is 16.4 Å². The summed E-state index contributed by atoms with van der Waals surface area (Å²) in [6, 6.07) is 64.1. The van der Waals surface area contributed by atoms with Gasteiger partial charge in [0.1, 0.15) is 11.2 Å². The van der Waals surface area contributed by atoms with Crippen molar-refractivity contribution >= 4 is 55.3 Å². The Morgan fingerprint density at radius 1 is 0.474 bits per heavy atom. The molecule has 0 aliphatic heterocycles. The lowest BCUT2D eigenvalue weighted by atomic mass is 9.78. The average Bonchev–Trinajstić information content (AvgIpc) is 3.75. The molecule has 0 unspecified atom stereocenters. The van der Waals surface area contributed by atoms with Crippen LogP contribution < -0.4 is 4.90 Å². The predicted molar refractivity (Wildman–Crippen MR) is 241 cm³/mol. The fourth-order valence-corrected chi connectivity index (χ4v) is 9.49.